The van der Waals surface area contributed by atoms with E-state index in [1.54, 1.807) is 0 Å². The molecule has 2 aromatic rings. The SMILES string of the molecule is NCc1ccccc1COC1CN(C(=O)[O-])CCC1c1ccccc1. The maximum atomic E-state index is 11.3. The zero-order valence-electron chi connectivity index (χ0n) is 14.1. The van der Waals surface area contributed by atoms with Crippen LogP contribution in [0.15, 0.2) is 54.6 Å². The summed E-state index contributed by atoms with van der Waals surface area (Å²) in [5.74, 6) is 0.168. The Bertz CT molecular complexity index is 705. The van der Waals surface area contributed by atoms with Gasteiger partial charge in [0.05, 0.1) is 12.7 Å². The largest absolute Gasteiger partial charge is 0.530 e. The number of hydrogen-bond donors (Lipinski definition) is 1. The molecule has 1 heterocycles. The molecule has 2 N–H and O–H groups in total. The van der Waals surface area contributed by atoms with Crippen molar-refractivity contribution in [1.82, 2.24) is 4.90 Å². The van der Waals surface area contributed by atoms with Crippen molar-refractivity contribution in [3.8, 4) is 0 Å². The lowest BCUT2D eigenvalue weighted by atomic mass is 9.87. The molecule has 1 aliphatic rings. The summed E-state index contributed by atoms with van der Waals surface area (Å²) in [7, 11) is 0. The fourth-order valence-corrected chi connectivity index (χ4v) is 3.43. The zero-order valence-corrected chi connectivity index (χ0v) is 14.1. The number of piperidine rings is 1. The van der Waals surface area contributed by atoms with E-state index in [0.29, 0.717) is 26.2 Å². The Morgan fingerprint density at radius 2 is 1.80 bits per heavy atom. The average molecular weight is 339 g/mol. The number of carboxylic acid groups (broad SMARTS) is 1. The molecule has 1 fully saturated rings. The second-order valence-corrected chi connectivity index (χ2v) is 6.34. The predicted octanol–water partition coefficient (Wildman–Crippen LogP) is 1.86. The standard InChI is InChI=1S/C20H24N2O3/c21-12-16-8-4-5-9-17(16)14-25-19-13-22(20(23)24)11-10-18(19)15-6-2-1-3-7-15/h1-9,18-19H,10-14,21H2,(H,23,24)/p-1. The monoisotopic (exact) mass is 339 g/mol. The van der Waals surface area contributed by atoms with E-state index < -0.39 is 6.09 Å². The molecule has 25 heavy (non-hydrogen) atoms. The van der Waals surface area contributed by atoms with Gasteiger partial charge < -0.3 is 25.3 Å². The van der Waals surface area contributed by atoms with Gasteiger partial charge >= 0.3 is 0 Å². The molecule has 2 atom stereocenters. The van der Waals surface area contributed by atoms with E-state index >= 15 is 0 Å². The first kappa shape index (κ1) is 17.5. The van der Waals surface area contributed by atoms with Crippen molar-refractivity contribution in [2.75, 3.05) is 13.1 Å². The molecule has 132 valence electrons. The molecule has 5 heteroatoms. The molecular formula is C20H23N2O3-. The number of rotatable bonds is 5. The molecule has 0 radical (unpaired) electrons. The summed E-state index contributed by atoms with van der Waals surface area (Å²) in [6.07, 6.45) is -0.622. The van der Waals surface area contributed by atoms with Gasteiger partial charge in [0.2, 0.25) is 0 Å². The summed E-state index contributed by atoms with van der Waals surface area (Å²) in [5, 5.41) is 11.3. The van der Waals surface area contributed by atoms with E-state index in [1.807, 2.05) is 42.5 Å². The van der Waals surface area contributed by atoms with Crippen molar-refractivity contribution in [3.05, 3.63) is 71.3 Å². The molecule has 0 saturated carbocycles. The smallest absolute Gasteiger partial charge is 0.137 e. The van der Waals surface area contributed by atoms with Gasteiger partial charge in [-0.15, -0.1) is 0 Å². The van der Waals surface area contributed by atoms with Crippen LogP contribution in [0.5, 0.6) is 0 Å². The first-order chi connectivity index (χ1) is 12.2. The van der Waals surface area contributed by atoms with E-state index in [4.69, 9.17) is 10.5 Å². The molecule has 0 spiro atoms. The molecule has 0 aliphatic carbocycles. The number of nitrogens with two attached hydrogens (primary N) is 1. The van der Waals surface area contributed by atoms with Crippen LogP contribution in [0.3, 0.4) is 0 Å². The van der Waals surface area contributed by atoms with E-state index in [-0.39, 0.29) is 12.0 Å². The van der Waals surface area contributed by atoms with E-state index in [0.717, 1.165) is 17.5 Å². The van der Waals surface area contributed by atoms with E-state index in [1.165, 1.54) is 10.5 Å². The molecule has 3 rings (SSSR count). The number of carbonyl (C=O) groups is 1. The molecule has 1 aliphatic heterocycles. The summed E-state index contributed by atoms with van der Waals surface area (Å²) < 4.78 is 6.17. The Labute approximate surface area is 148 Å². The Morgan fingerprint density at radius 3 is 2.48 bits per heavy atom. The van der Waals surface area contributed by atoms with Crippen molar-refractivity contribution in [2.24, 2.45) is 5.73 Å². The minimum absolute atomic E-state index is 0.168. The fraction of sp³-hybridized carbons (Fsp3) is 0.350. The third-order valence-electron chi connectivity index (χ3n) is 4.84. The van der Waals surface area contributed by atoms with E-state index in [9.17, 15) is 9.90 Å². The summed E-state index contributed by atoms with van der Waals surface area (Å²) in [4.78, 5) is 12.6. The van der Waals surface area contributed by atoms with Gasteiger partial charge in [-0.1, -0.05) is 54.6 Å². The van der Waals surface area contributed by atoms with Crippen LogP contribution in [0.4, 0.5) is 4.79 Å². The molecule has 2 aromatic carbocycles. The Hall–Kier alpha value is -2.37. The summed E-state index contributed by atoms with van der Waals surface area (Å²) >= 11 is 0. The number of hydrogen-bond acceptors (Lipinski definition) is 4. The second kappa shape index (κ2) is 8.14. The highest BCUT2D eigenvalue weighted by atomic mass is 16.5. The number of benzene rings is 2. The third-order valence-corrected chi connectivity index (χ3v) is 4.84. The second-order valence-electron chi connectivity index (χ2n) is 6.34. The fourth-order valence-electron chi connectivity index (χ4n) is 3.43. The predicted molar refractivity (Wildman–Crippen MR) is 93.7 cm³/mol. The van der Waals surface area contributed by atoms with Gasteiger partial charge in [0.15, 0.2) is 0 Å². The van der Waals surface area contributed by atoms with Crippen molar-refractivity contribution >= 4 is 6.09 Å². The lowest BCUT2D eigenvalue weighted by molar-refractivity contribution is -0.268. The van der Waals surface area contributed by atoms with Crippen LogP contribution in [-0.4, -0.2) is 30.2 Å². The van der Waals surface area contributed by atoms with E-state index in [2.05, 4.69) is 12.1 Å². The molecule has 2 unspecified atom stereocenters. The minimum Gasteiger partial charge on any atom is -0.530 e. The number of carbonyl (C=O) groups excluding carboxylic acids is 1. The molecule has 0 bridgehead atoms. The number of nitrogens with zero attached hydrogens (tertiary/aromatic N) is 1. The van der Waals surface area contributed by atoms with Gasteiger partial charge in [-0.05, 0) is 23.1 Å². The van der Waals surface area contributed by atoms with Crippen LogP contribution < -0.4 is 10.8 Å². The average Bonchev–Trinajstić information content (AvgIpc) is 2.67. The van der Waals surface area contributed by atoms with Crippen LogP contribution in [0.25, 0.3) is 0 Å². The van der Waals surface area contributed by atoms with Crippen LogP contribution in [0.1, 0.15) is 29.0 Å². The quantitative estimate of drug-likeness (QED) is 0.902. The first-order valence-electron chi connectivity index (χ1n) is 8.58. The molecule has 5 nitrogen and oxygen atoms in total. The van der Waals surface area contributed by atoms with Gasteiger partial charge in [0.25, 0.3) is 0 Å². The molecule has 1 saturated heterocycles. The Kier molecular flexibility index (Phi) is 5.68. The topological polar surface area (TPSA) is 78.6 Å². The Morgan fingerprint density at radius 1 is 1.12 bits per heavy atom. The van der Waals surface area contributed by atoms with Crippen LogP contribution in [-0.2, 0) is 17.9 Å². The lowest BCUT2D eigenvalue weighted by Crippen LogP contribution is -2.51. The zero-order chi connectivity index (χ0) is 17.6. The highest BCUT2D eigenvalue weighted by Gasteiger charge is 2.31. The number of amides is 1. The number of likely N-dealkylation sites (tertiary alicyclic amines) is 1. The van der Waals surface area contributed by atoms with Gasteiger partial charge in [-0.3, -0.25) is 0 Å². The first-order valence-corrected chi connectivity index (χ1v) is 8.58. The maximum Gasteiger partial charge on any atom is 0.137 e. The minimum atomic E-state index is -1.14. The summed E-state index contributed by atoms with van der Waals surface area (Å²) in [6.45, 7) is 1.67. The molecule has 0 aromatic heterocycles. The third kappa shape index (κ3) is 4.18. The van der Waals surface area contributed by atoms with Crippen molar-refractivity contribution in [1.29, 1.82) is 0 Å². The van der Waals surface area contributed by atoms with Crippen molar-refractivity contribution < 1.29 is 14.6 Å². The highest BCUT2D eigenvalue weighted by Crippen LogP contribution is 2.31. The van der Waals surface area contributed by atoms with Gasteiger partial charge in [0.1, 0.15) is 6.09 Å². The van der Waals surface area contributed by atoms with Gasteiger partial charge in [-0.25, -0.2) is 0 Å². The van der Waals surface area contributed by atoms with Crippen LogP contribution in [0.2, 0.25) is 0 Å². The van der Waals surface area contributed by atoms with Gasteiger partial charge in [0, 0.05) is 25.6 Å². The number of ether oxygens (including phenoxy) is 1. The van der Waals surface area contributed by atoms with Gasteiger partial charge in [-0.2, -0.15) is 0 Å². The van der Waals surface area contributed by atoms with Crippen molar-refractivity contribution in [3.63, 3.8) is 0 Å². The van der Waals surface area contributed by atoms with Crippen LogP contribution >= 0.6 is 0 Å². The maximum absolute atomic E-state index is 11.3. The molecule has 1 amide bonds. The lowest BCUT2D eigenvalue weighted by Gasteiger charge is -2.40. The highest BCUT2D eigenvalue weighted by molar-refractivity contribution is 5.62. The molecular weight excluding hydrogens is 316 g/mol. The summed E-state index contributed by atoms with van der Waals surface area (Å²) in [5.41, 5.74) is 9.06. The Balaban J connectivity index is 1.76. The normalized spacial score (nSPS) is 20.4. The van der Waals surface area contributed by atoms with Crippen LogP contribution in [0, 0.1) is 0 Å². The van der Waals surface area contributed by atoms with Crippen molar-refractivity contribution in [2.45, 2.75) is 31.6 Å². The summed E-state index contributed by atoms with van der Waals surface area (Å²) in [6, 6.07) is 18.0.